The van der Waals surface area contributed by atoms with E-state index in [1.54, 1.807) is 6.92 Å². The molecule has 0 aliphatic carbocycles. The summed E-state index contributed by atoms with van der Waals surface area (Å²) < 4.78 is 0.367. The molecule has 0 amide bonds. The number of carbonyl (C=O) groups excluding carboxylic acids is 1. The quantitative estimate of drug-likeness (QED) is 0.664. The molecule has 16 heavy (non-hydrogen) atoms. The van der Waals surface area contributed by atoms with Crippen molar-refractivity contribution in [2.24, 2.45) is 0 Å². The molecule has 0 aliphatic heterocycles. The van der Waals surface area contributed by atoms with Gasteiger partial charge in [0.05, 0.1) is 6.33 Å². The number of rotatable bonds is 2. The summed E-state index contributed by atoms with van der Waals surface area (Å²) in [6.45, 7) is 1.55. The minimum absolute atomic E-state index is 0.0624. The Hall–Kier alpha value is -2.38. The van der Waals surface area contributed by atoms with Crippen LogP contribution >= 0.6 is 0 Å². The molecule has 0 radical (unpaired) electrons. The minimum Gasteiger partial charge on any atom is -0.339 e. The Bertz CT molecular complexity index is 650. The van der Waals surface area contributed by atoms with Crippen molar-refractivity contribution in [3.8, 4) is 0 Å². The van der Waals surface area contributed by atoms with Crippen LogP contribution in [0.15, 0.2) is 15.9 Å². The Balaban J connectivity index is 2.65. The topological polar surface area (TPSA) is 110 Å². The van der Waals surface area contributed by atoms with Gasteiger partial charge in [-0.15, -0.1) is 0 Å². The number of aromatic nitrogens is 4. The predicted octanol–water partition coefficient (Wildman–Crippen LogP) is -1.22. The molecule has 0 saturated carbocycles. The monoisotopic (exact) mass is 224 g/mol. The lowest BCUT2D eigenvalue weighted by molar-refractivity contribution is -0.144. The first-order valence-corrected chi connectivity index (χ1v) is 4.53. The number of hydrogen-bond acceptors (Lipinski definition) is 5. The highest BCUT2D eigenvalue weighted by molar-refractivity contribution is 5.70. The van der Waals surface area contributed by atoms with E-state index in [1.807, 2.05) is 0 Å². The van der Waals surface area contributed by atoms with Gasteiger partial charge in [-0.3, -0.25) is 9.78 Å². The number of nitrogens with one attached hydrogen (secondary N) is 2. The summed E-state index contributed by atoms with van der Waals surface area (Å²) in [5.74, 6) is -0.675. The van der Waals surface area contributed by atoms with Crippen LogP contribution in [0.2, 0.25) is 0 Å². The lowest BCUT2D eigenvalue weighted by atomic mass is 10.5. The van der Waals surface area contributed by atoms with Crippen LogP contribution in [0, 0.1) is 0 Å². The maximum absolute atomic E-state index is 11.7. The molecule has 0 atom stereocenters. The van der Waals surface area contributed by atoms with E-state index in [-0.39, 0.29) is 17.6 Å². The van der Waals surface area contributed by atoms with Crippen LogP contribution in [0.4, 0.5) is 0 Å². The van der Waals surface area contributed by atoms with Gasteiger partial charge < -0.3 is 9.82 Å². The summed E-state index contributed by atoms with van der Waals surface area (Å²) in [7, 11) is 0. The molecule has 0 bridgehead atoms. The van der Waals surface area contributed by atoms with Crippen molar-refractivity contribution in [1.82, 2.24) is 19.7 Å². The molecule has 0 saturated heterocycles. The first-order valence-electron chi connectivity index (χ1n) is 4.53. The SMILES string of the molecule is CCC(=O)On1c(=O)[nH]c2nc[nH]c2c1=O. The van der Waals surface area contributed by atoms with Crippen LogP contribution in [0.3, 0.4) is 0 Å². The normalized spacial score (nSPS) is 10.6. The van der Waals surface area contributed by atoms with Crippen molar-refractivity contribution in [3.05, 3.63) is 27.2 Å². The molecule has 2 heterocycles. The maximum atomic E-state index is 11.7. The average molecular weight is 224 g/mol. The van der Waals surface area contributed by atoms with Crippen LogP contribution < -0.4 is 16.1 Å². The van der Waals surface area contributed by atoms with Gasteiger partial charge in [-0.25, -0.2) is 14.6 Å². The summed E-state index contributed by atoms with van der Waals surface area (Å²) >= 11 is 0. The number of carbonyl (C=O) groups is 1. The smallest absolute Gasteiger partial charge is 0.339 e. The van der Waals surface area contributed by atoms with E-state index in [2.05, 4.69) is 19.8 Å². The van der Waals surface area contributed by atoms with Gasteiger partial charge in [0, 0.05) is 6.42 Å². The van der Waals surface area contributed by atoms with Crippen molar-refractivity contribution >= 4 is 17.1 Å². The van der Waals surface area contributed by atoms with Crippen LogP contribution in [0.1, 0.15) is 13.3 Å². The van der Waals surface area contributed by atoms with E-state index in [1.165, 1.54) is 6.33 Å². The van der Waals surface area contributed by atoms with Crippen molar-refractivity contribution in [3.63, 3.8) is 0 Å². The van der Waals surface area contributed by atoms with Crippen molar-refractivity contribution < 1.29 is 9.63 Å². The van der Waals surface area contributed by atoms with E-state index in [0.717, 1.165) is 0 Å². The molecule has 8 heteroatoms. The molecule has 0 aliphatic rings. The summed E-state index contributed by atoms with van der Waals surface area (Å²) in [6.07, 6.45) is 1.32. The van der Waals surface area contributed by atoms with Crippen LogP contribution in [-0.4, -0.2) is 25.7 Å². The van der Waals surface area contributed by atoms with Crippen LogP contribution in [-0.2, 0) is 4.79 Å². The lowest BCUT2D eigenvalue weighted by Gasteiger charge is -2.02. The molecular weight excluding hydrogens is 216 g/mol. The number of imidazole rings is 1. The predicted molar refractivity (Wildman–Crippen MR) is 52.9 cm³/mol. The van der Waals surface area contributed by atoms with Crippen LogP contribution in [0.5, 0.6) is 0 Å². The van der Waals surface area contributed by atoms with E-state index in [4.69, 9.17) is 0 Å². The largest absolute Gasteiger partial charge is 0.364 e. The zero-order valence-corrected chi connectivity index (χ0v) is 8.31. The van der Waals surface area contributed by atoms with Gasteiger partial charge in [-0.2, -0.15) is 0 Å². The Labute approximate surface area is 87.8 Å². The van der Waals surface area contributed by atoms with Crippen molar-refractivity contribution in [1.29, 1.82) is 0 Å². The second-order valence-corrected chi connectivity index (χ2v) is 2.97. The van der Waals surface area contributed by atoms with E-state index in [0.29, 0.717) is 4.73 Å². The third kappa shape index (κ3) is 1.49. The number of H-pyrrole nitrogens is 2. The van der Waals surface area contributed by atoms with E-state index < -0.39 is 17.2 Å². The fourth-order valence-electron chi connectivity index (χ4n) is 1.15. The molecule has 0 unspecified atom stereocenters. The summed E-state index contributed by atoms with van der Waals surface area (Å²) in [5.41, 5.74) is -1.40. The second kappa shape index (κ2) is 3.65. The molecule has 2 aromatic heterocycles. The average Bonchev–Trinajstić information content (AvgIpc) is 2.71. The number of aromatic amines is 2. The fraction of sp³-hybridized carbons (Fsp3) is 0.250. The summed E-state index contributed by atoms with van der Waals surface area (Å²) in [5, 5.41) is 0. The zero-order chi connectivity index (χ0) is 11.7. The van der Waals surface area contributed by atoms with E-state index in [9.17, 15) is 14.4 Å². The summed E-state index contributed by atoms with van der Waals surface area (Å²) in [4.78, 5) is 47.2. The van der Waals surface area contributed by atoms with Gasteiger partial charge in [-0.1, -0.05) is 11.7 Å². The van der Waals surface area contributed by atoms with Crippen molar-refractivity contribution in [2.45, 2.75) is 13.3 Å². The van der Waals surface area contributed by atoms with Crippen LogP contribution in [0.25, 0.3) is 11.2 Å². The Morgan fingerprint density at radius 2 is 2.31 bits per heavy atom. The highest BCUT2D eigenvalue weighted by atomic mass is 16.7. The maximum Gasteiger partial charge on any atom is 0.364 e. The first kappa shape index (κ1) is 10.1. The van der Waals surface area contributed by atoms with E-state index >= 15 is 0 Å². The molecule has 2 N–H and O–H groups in total. The fourth-order valence-corrected chi connectivity index (χ4v) is 1.15. The Morgan fingerprint density at radius 1 is 1.56 bits per heavy atom. The van der Waals surface area contributed by atoms with Gasteiger partial charge in [0.2, 0.25) is 0 Å². The first-order chi connectivity index (χ1) is 7.63. The molecule has 84 valence electrons. The van der Waals surface area contributed by atoms with Crippen molar-refractivity contribution in [2.75, 3.05) is 0 Å². The molecule has 0 spiro atoms. The number of nitrogens with zero attached hydrogens (tertiary/aromatic N) is 2. The molecule has 2 aromatic rings. The molecule has 0 fully saturated rings. The lowest BCUT2D eigenvalue weighted by Crippen LogP contribution is -2.41. The van der Waals surface area contributed by atoms with Gasteiger partial charge in [-0.05, 0) is 0 Å². The Morgan fingerprint density at radius 3 is 3.00 bits per heavy atom. The molecular formula is C8H8N4O4. The molecule has 8 nitrogen and oxygen atoms in total. The number of hydrogen-bond donors (Lipinski definition) is 2. The zero-order valence-electron chi connectivity index (χ0n) is 8.31. The summed E-state index contributed by atoms with van der Waals surface area (Å²) in [6, 6.07) is 0. The molecule has 0 aromatic carbocycles. The minimum atomic E-state index is -0.841. The Kier molecular flexibility index (Phi) is 2.31. The van der Waals surface area contributed by atoms with Gasteiger partial charge in [0.25, 0.3) is 0 Å². The third-order valence-electron chi connectivity index (χ3n) is 1.93. The third-order valence-corrected chi connectivity index (χ3v) is 1.93. The highest BCUT2D eigenvalue weighted by Gasteiger charge is 2.12. The van der Waals surface area contributed by atoms with Gasteiger partial charge in [0.15, 0.2) is 11.2 Å². The number of fused-ring (bicyclic) bond motifs is 1. The van der Waals surface area contributed by atoms with Gasteiger partial charge in [0.1, 0.15) is 0 Å². The molecule has 2 rings (SSSR count). The van der Waals surface area contributed by atoms with Gasteiger partial charge >= 0.3 is 17.2 Å². The standard InChI is InChI=1S/C8H8N4O4/c1-2-4(13)16-12-7(14)5-6(10-3-9-5)11-8(12)15/h3H,2H2,1H3,(H,9,10)(H,11,15). The second-order valence-electron chi connectivity index (χ2n) is 2.97. The highest BCUT2D eigenvalue weighted by Crippen LogP contribution is 1.94.